The third kappa shape index (κ3) is 4.03. The van der Waals surface area contributed by atoms with Gasteiger partial charge in [-0.3, -0.25) is 4.79 Å². The number of hydrogen-bond acceptors (Lipinski definition) is 2. The Morgan fingerprint density at radius 3 is 2.50 bits per heavy atom. The molecule has 1 atom stereocenters. The number of halogens is 4. The predicted octanol–water partition coefficient (Wildman–Crippen LogP) is 4.12. The Morgan fingerprint density at radius 1 is 1.30 bits per heavy atom. The van der Waals surface area contributed by atoms with Gasteiger partial charge in [-0.1, -0.05) is 12.1 Å². The summed E-state index contributed by atoms with van der Waals surface area (Å²) < 4.78 is 40.0. The van der Waals surface area contributed by atoms with Crippen molar-refractivity contribution in [1.29, 1.82) is 0 Å². The number of carbonyl (C=O) groups is 1. The molecule has 1 heterocycles. The Hall–Kier alpha value is -1.43. The molecule has 1 aromatic carbocycles. The monoisotopic (exact) mass is 307 g/mol. The summed E-state index contributed by atoms with van der Waals surface area (Å²) in [5, 5.41) is -0.494. The van der Waals surface area contributed by atoms with Crippen molar-refractivity contribution in [3.05, 3.63) is 29.8 Å². The van der Waals surface area contributed by atoms with E-state index in [0.29, 0.717) is 13.1 Å². The number of rotatable bonds is 2. The van der Waals surface area contributed by atoms with Crippen molar-refractivity contribution in [3.8, 4) is 5.75 Å². The van der Waals surface area contributed by atoms with Crippen molar-refractivity contribution in [2.45, 2.75) is 25.1 Å². The maximum atomic E-state index is 12.1. The second kappa shape index (κ2) is 5.91. The fourth-order valence-corrected chi connectivity index (χ4v) is 2.50. The Balaban J connectivity index is 2.04. The lowest BCUT2D eigenvalue weighted by atomic mass is 9.91. The van der Waals surface area contributed by atoms with Gasteiger partial charge in [-0.2, -0.15) is 0 Å². The maximum Gasteiger partial charge on any atom is 0.573 e. The third-order valence-electron chi connectivity index (χ3n) is 3.26. The first-order chi connectivity index (χ1) is 9.35. The fourth-order valence-electron chi connectivity index (χ4n) is 2.35. The largest absolute Gasteiger partial charge is 0.573 e. The first-order valence-electron chi connectivity index (χ1n) is 6.15. The van der Waals surface area contributed by atoms with E-state index in [1.807, 2.05) is 0 Å². The van der Waals surface area contributed by atoms with E-state index in [2.05, 4.69) is 4.74 Å². The SMILES string of the molecule is O=C(Cl)N1CCCC(c2ccc(OC(F)(F)F)cc2)C1. The summed E-state index contributed by atoms with van der Waals surface area (Å²) in [5.41, 5.74) is 0.877. The molecular weight excluding hydrogens is 295 g/mol. The molecule has 1 unspecified atom stereocenters. The van der Waals surface area contributed by atoms with Crippen LogP contribution in [0.4, 0.5) is 18.0 Å². The molecule has 0 spiro atoms. The summed E-state index contributed by atoms with van der Waals surface area (Å²) in [6, 6.07) is 5.75. The Bertz CT molecular complexity index is 475. The highest BCUT2D eigenvalue weighted by Crippen LogP contribution is 2.30. The second-order valence-corrected chi connectivity index (χ2v) is 4.98. The van der Waals surface area contributed by atoms with Gasteiger partial charge in [0.1, 0.15) is 5.75 Å². The van der Waals surface area contributed by atoms with E-state index in [-0.39, 0.29) is 11.7 Å². The summed E-state index contributed by atoms with van der Waals surface area (Å²) >= 11 is 5.45. The summed E-state index contributed by atoms with van der Waals surface area (Å²) in [6.45, 7) is 1.11. The van der Waals surface area contributed by atoms with Crippen LogP contribution in [-0.2, 0) is 0 Å². The predicted molar refractivity (Wildman–Crippen MR) is 67.9 cm³/mol. The summed E-state index contributed by atoms with van der Waals surface area (Å²) in [5.74, 6) is -0.159. The molecule has 0 N–H and O–H groups in total. The number of likely N-dealkylation sites (tertiary alicyclic amines) is 1. The van der Waals surface area contributed by atoms with Crippen LogP contribution in [0.5, 0.6) is 5.75 Å². The third-order valence-corrected chi connectivity index (χ3v) is 3.49. The molecule has 1 amide bonds. The van der Waals surface area contributed by atoms with Crippen LogP contribution >= 0.6 is 11.6 Å². The number of nitrogens with zero attached hydrogens (tertiary/aromatic N) is 1. The lowest BCUT2D eigenvalue weighted by Crippen LogP contribution is -2.36. The molecule has 1 aliphatic heterocycles. The van der Waals surface area contributed by atoms with Gasteiger partial charge in [0.2, 0.25) is 0 Å². The smallest absolute Gasteiger partial charge is 0.406 e. The van der Waals surface area contributed by atoms with Gasteiger partial charge in [-0.05, 0) is 42.1 Å². The summed E-state index contributed by atoms with van der Waals surface area (Å²) in [4.78, 5) is 12.7. The quantitative estimate of drug-likeness (QED) is 0.607. The Kier molecular flexibility index (Phi) is 4.42. The molecule has 0 aliphatic carbocycles. The molecule has 0 saturated carbocycles. The lowest BCUT2D eigenvalue weighted by molar-refractivity contribution is -0.274. The molecule has 0 bridgehead atoms. The number of ether oxygens (including phenoxy) is 1. The van der Waals surface area contributed by atoms with Gasteiger partial charge in [0.15, 0.2) is 0 Å². The van der Waals surface area contributed by atoms with Crippen molar-refractivity contribution in [1.82, 2.24) is 4.90 Å². The molecule has 0 aromatic heterocycles. The normalized spacial score (nSPS) is 19.8. The van der Waals surface area contributed by atoms with Gasteiger partial charge in [0.25, 0.3) is 0 Å². The zero-order chi connectivity index (χ0) is 14.8. The molecule has 0 radical (unpaired) electrons. The topological polar surface area (TPSA) is 29.5 Å². The van der Waals surface area contributed by atoms with Crippen LogP contribution in [-0.4, -0.2) is 29.7 Å². The Morgan fingerprint density at radius 2 is 1.95 bits per heavy atom. The Labute approximate surface area is 119 Å². The average molecular weight is 308 g/mol. The lowest BCUT2D eigenvalue weighted by Gasteiger charge is -2.31. The van der Waals surface area contributed by atoms with Gasteiger partial charge in [-0.25, -0.2) is 0 Å². The number of piperidine rings is 1. The molecular formula is C13H13ClF3NO2. The number of amides is 1. The number of alkyl halides is 3. The highest BCUT2D eigenvalue weighted by atomic mass is 35.5. The minimum atomic E-state index is -4.69. The van der Waals surface area contributed by atoms with Crippen LogP contribution in [0.3, 0.4) is 0 Å². The zero-order valence-electron chi connectivity index (χ0n) is 10.5. The van der Waals surface area contributed by atoms with E-state index in [1.54, 1.807) is 12.1 Å². The molecule has 3 nitrogen and oxygen atoms in total. The second-order valence-electron chi connectivity index (χ2n) is 4.65. The highest BCUT2D eigenvalue weighted by Gasteiger charge is 2.31. The van der Waals surface area contributed by atoms with Gasteiger partial charge in [0, 0.05) is 19.0 Å². The standard InChI is InChI=1S/C13H13ClF3NO2/c14-12(19)18-7-1-2-10(8-18)9-3-5-11(6-4-9)20-13(15,16)17/h3-6,10H,1-2,7-8H2. The van der Waals surface area contributed by atoms with E-state index in [0.717, 1.165) is 18.4 Å². The fraction of sp³-hybridized carbons (Fsp3) is 0.462. The maximum absolute atomic E-state index is 12.1. The van der Waals surface area contributed by atoms with Crippen LogP contribution in [0.15, 0.2) is 24.3 Å². The number of benzene rings is 1. The average Bonchev–Trinajstić information content (AvgIpc) is 2.38. The van der Waals surface area contributed by atoms with Crippen molar-refractivity contribution in [2.24, 2.45) is 0 Å². The van der Waals surface area contributed by atoms with Crippen LogP contribution < -0.4 is 4.74 Å². The van der Waals surface area contributed by atoms with Gasteiger partial charge >= 0.3 is 11.7 Å². The van der Waals surface area contributed by atoms with Gasteiger partial charge in [0.05, 0.1) is 0 Å². The molecule has 7 heteroatoms. The van der Waals surface area contributed by atoms with Crippen LogP contribution in [0.25, 0.3) is 0 Å². The number of carbonyl (C=O) groups excluding carboxylic acids is 1. The molecule has 110 valence electrons. The highest BCUT2D eigenvalue weighted by molar-refractivity contribution is 6.62. The van der Waals surface area contributed by atoms with Crippen molar-refractivity contribution >= 4 is 17.0 Å². The van der Waals surface area contributed by atoms with Crippen molar-refractivity contribution in [2.75, 3.05) is 13.1 Å². The molecule has 2 rings (SSSR count). The molecule has 1 fully saturated rings. The summed E-state index contributed by atoms with van der Waals surface area (Å²) in [7, 11) is 0. The van der Waals surface area contributed by atoms with Crippen LogP contribution in [0.2, 0.25) is 0 Å². The van der Waals surface area contributed by atoms with Crippen molar-refractivity contribution in [3.63, 3.8) is 0 Å². The minimum absolute atomic E-state index is 0.0892. The van der Waals surface area contributed by atoms with Crippen LogP contribution in [0.1, 0.15) is 24.3 Å². The first-order valence-corrected chi connectivity index (χ1v) is 6.53. The van der Waals surface area contributed by atoms with Gasteiger partial charge in [-0.15, -0.1) is 13.2 Å². The van der Waals surface area contributed by atoms with Gasteiger partial charge < -0.3 is 9.64 Å². The van der Waals surface area contributed by atoms with E-state index >= 15 is 0 Å². The first kappa shape index (κ1) is 15.0. The zero-order valence-corrected chi connectivity index (χ0v) is 11.2. The van der Waals surface area contributed by atoms with Crippen LogP contribution in [0, 0.1) is 0 Å². The minimum Gasteiger partial charge on any atom is -0.406 e. The number of hydrogen-bond donors (Lipinski definition) is 0. The molecule has 1 aromatic rings. The van der Waals surface area contributed by atoms with E-state index in [4.69, 9.17) is 11.6 Å². The summed E-state index contributed by atoms with van der Waals surface area (Å²) in [6.07, 6.45) is -2.99. The molecule has 20 heavy (non-hydrogen) atoms. The molecule has 1 saturated heterocycles. The van der Waals surface area contributed by atoms with E-state index in [1.165, 1.54) is 17.0 Å². The van der Waals surface area contributed by atoms with E-state index < -0.39 is 11.7 Å². The van der Waals surface area contributed by atoms with E-state index in [9.17, 15) is 18.0 Å². The molecule has 1 aliphatic rings. The van der Waals surface area contributed by atoms with Crippen molar-refractivity contribution < 1.29 is 22.7 Å².